The van der Waals surface area contributed by atoms with Gasteiger partial charge in [0.05, 0.1) is 0 Å². The Bertz CT molecular complexity index is 550. The van der Waals surface area contributed by atoms with Crippen LogP contribution in [0.5, 0.6) is 5.75 Å². The Morgan fingerprint density at radius 3 is 3.00 bits per heavy atom. The molecule has 0 aliphatic rings. The van der Waals surface area contributed by atoms with Crippen molar-refractivity contribution in [2.75, 3.05) is 6.54 Å². The van der Waals surface area contributed by atoms with E-state index in [1.807, 2.05) is 0 Å². The van der Waals surface area contributed by atoms with Crippen LogP contribution < -0.4 is 5.32 Å². The maximum Gasteiger partial charge on any atom is 0.251 e. The lowest BCUT2D eigenvalue weighted by Crippen LogP contribution is -2.24. The lowest BCUT2D eigenvalue weighted by atomic mass is 10.1. The van der Waals surface area contributed by atoms with Crippen LogP contribution in [0.1, 0.15) is 28.2 Å². The van der Waals surface area contributed by atoms with E-state index in [9.17, 15) is 9.90 Å². The number of aromatic hydroxyl groups is 1. The lowest BCUT2D eigenvalue weighted by Gasteiger charge is -2.06. The molecule has 1 heterocycles. The Balaban J connectivity index is 1.79. The fourth-order valence-corrected chi connectivity index (χ4v) is 1.79. The number of aromatic nitrogens is 2. The van der Waals surface area contributed by atoms with Crippen molar-refractivity contribution in [1.29, 1.82) is 0 Å². The van der Waals surface area contributed by atoms with Crippen molar-refractivity contribution >= 4 is 5.91 Å². The number of carbonyl (C=O) groups is 1. The molecular weight excluding hydrogens is 242 g/mol. The standard InChI is InChI=1S/C14H17N3O2/c1-10-9-11(4-5-12(10)18)14(19)17-6-2-3-13-15-7-8-16-13/h4-5,7-9,18H,2-3,6H2,1H3,(H,15,16)(H,17,19). The SMILES string of the molecule is Cc1cc(C(=O)NCCCc2ncc[nH]2)ccc1O. The number of carbonyl (C=O) groups excluding carboxylic acids is 1. The molecular formula is C14H17N3O2. The molecule has 0 aliphatic carbocycles. The summed E-state index contributed by atoms with van der Waals surface area (Å²) in [6.45, 7) is 2.36. The summed E-state index contributed by atoms with van der Waals surface area (Å²) >= 11 is 0. The molecule has 1 amide bonds. The van der Waals surface area contributed by atoms with E-state index in [2.05, 4.69) is 15.3 Å². The van der Waals surface area contributed by atoms with Crippen LogP contribution in [0.2, 0.25) is 0 Å². The highest BCUT2D eigenvalue weighted by Crippen LogP contribution is 2.16. The van der Waals surface area contributed by atoms with Crippen LogP contribution in [0.25, 0.3) is 0 Å². The molecule has 2 rings (SSSR count). The Kier molecular flexibility index (Phi) is 4.18. The van der Waals surface area contributed by atoms with E-state index in [4.69, 9.17) is 0 Å². The van der Waals surface area contributed by atoms with Gasteiger partial charge in [-0.15, -0.1) is 0 Å². The van der Waals surface area contributed by atoms with Crippen LogP contribution in [-0.4, -0.2) is 27.5 Å². The molecule has 0 bridgehead atoms. The zero-order chi connectivity index (χ0) is 13.7. The van der Waals surface area contributed by atoms with Crippen molar-refractivity contribution in [3.63, 3.8) is 0 Å². The molecule has 1 aromatic carbocycles. The van der Waals surface area contributed by atoms with Gasteiger partial charge in [-0.2, -0.15) is 0 Å². The number of aromatic amines is 1. The van der Waals surface area contributed by atoms with Gasteiger partial charge in [0, 0.05) is 30.9 Å². The Labute approximate surface area is 111 Å². The van der Waals surface area contributed by atoms with Crippen LogP contribution in [0, 0.1) is 6.92 Å². The molecule has 19 heavy (non-hydrogen) atoms. The molecule has 0 saturated heterocycles. The van der Waals surface area contributed by atoms with Gasteiger partial charge in [-0.1, -0.05) is 0 Å². The van der Waals surface area contributed by atoms with Gasteiger partial charge in [0.2, 0.25) is 0 Å². The topological polar surface area (TPSA) is 78.0 Å². The summed E-state index contributed by atoms with van der Waals surface area (Å²) < 4.78 is 0. The van der Waals surface area contributed by atoms with Gasteiger partial charge in [-0.25, -0.2) is 4.98 Å². The second kappa shape index (κ2) is 6.04. The number of imidazole rings is 1. The number of hydrogen-bond acceptors (Lipinski definition) is 3. The molecule has 0 unspecified atom stereocenters. The van der Waals surface area contributed by atoms with Gasteiger partial charge in [-0.3, -0.25) is 4.79 Å². The average molecular weight is 259 g/mol. The number of phenolic OH excluding ortho intramolecular Hbond substituents is 1. The van der Waals surface area contributed by atoms with Gasteiger partial charge in [-0.05, 0) is 37.1 Å². The third kappa shape index (κ3) is 3.58. The van der Waals surface area contributed by atoms with Crippen molar-refractivity contribution in [2.24, 2.45) is 0 Å². The fourth-order valence-electron chi connectivity index (χ4n) is 1.79. The molecule has 3 N–H and O–H groups in total. The number of aryl methyl sites for hydroxylation is 2. The Morgan fingerprint density at radius 2 is 2.32 bits per heavy atom. The smallest absolute Gasteiger partial charge is 0.251 e. The van der Waals surface area contributed by atoms with Crippen LogP contribution in [0.4, 0.5) is 0 Å². The summed E-state index contributed by atoms with van der Waals surface area (Å²) in [5, 5.41) is 12.2. The van der Waals surface area contributed by atoms with Crippen molar-refractivity contribution in [1.82, 2.24) is 15.3 Å². The number of amides is 1. The summed E-state index contributed by atoms with van der Waals surface area (Å²) in [5.41, 5.74) is 1.26. The minimum atomic E-state index is -0.123. The van der Waals surface area contributed by atoms with E-state index in [0.717, 1.165) is 18.7 Å². The van der Waals surface area contributed by atoms with Crippen LogP contribution in [0.3, 0.4) is 0 Å². The first-order chi connectivity index (χ1) is 9.16. The molecule has 0 atom stereocenters. The molecule has 0 aliphatic heterocycles. The van der Waals surface area contributed by atoms with E-state index < -0.39 is 0 Å². The molecule has 2 aromatic rings. The van der Waals surface area contributed by atoms with E-state index in [-0.39, 0.29) is 11.7 Å². The van der Waals surface area contributed by atoms with Crippen LogP contribution in [-0.2, 0) is 6.42 Å². The minimum Gasteiger partial charge on any atom is -0.508 e. The number of benzene rings is 1. The highest BCUT2D eigenvalue weighted by atomic mass is 16.3. The van der Waals surface area contributed by atoms with Gasteiger partial charge < -0.3 is 15.4 Å². The largest absolute Gasteiger partial charge is 0.508 e. The predicted octanol–water partition coefficient (Wildman–Crippen LogP) is 1.79. The van der Waals surface area contributed by atoms with Crippen molar-refractivity contribution in [3.05, 3.63) is 47.5 Å². The summed E-state index contributed by atoms with van der Waals surface area (Å²) in [7, 11) is 0. The molecule has 1 aromatic heterocycles. The molecule has 5 nitrogen and oxygen atoms in total. The first-order valence-electron chi connectivity index (χ1n) is 6.23. The normalized spacial score (nSPS) is 10.4. The molecule has 0 saturated carbocycles. The lowest BCUT2D eigenvalue weighted by molar-refractivity contribution is 0.0953. The van der Waals surface area contributed by atoms with E-state index in [1.165, 1.54) is 6.07 Å². The van der Waals surface area contributed by atoms with E-state index in [1.54, 1.807) is 31.5 Å². The summed E-state index contributed by atoms with van der Waals surface area (Å²) in [6.07, 6.45) is 5.14. The number of nitrogens with one attached hydrogen (secondary N) is 2. The minimum absolute atomic E-state index is 0.123. The molecule has 0 fully saturated rings. The van der Waals surface area contributed by atoms with Crippen molar-refractivity contribution in [2.45, 2.75) is 19.8 Å². The monoisotopic (exact) mass is 259 g/mol. The number of phenols is 1. The first kappa shape index (κ1) is 13.1. The number of hydrogen-bond donors (Lipinski definition) is 3. The van der Waals surface area contributed by atoms with E-state index in [0.29, 0.717) is 17.7 Å². The van der Waals surface area contributed by atoms with Gasteiger partial charge >= 0.3 is 0 Å². The predicted molar refractivity (Wildman–Crippen MR) is 72.1 cm³/mol. The number of H-pyrrole nitrogens is 1. The quantitative estimate of drug-likeness (QED) is 0.716. The van der Waals surface area contributed by atoms with Gasteiger partial charge in [0.25, 0.3) is 5.91 Å². The average Bonchev–Trinajstić information content (AvgIpc) is 2.91. The van der Waals surface area contributed by atoms with Gasteiger partial charge in [0.15, 0.2) is 0 Å². The third-order valence-electron chi connectivity index (χ3n) is 2.89. The summed E-state index contributed by atoms with van der Waals surface area (Å²) in [6, 6.07) is 4.83. The van der Waals surface area contributed by atoms with Crippen LogP contribution in [0.15, 0.2) is 30.6 Å². The highest BCUT2D eigenvalue weighted by Gasteiger charge is 2.06. The van der Waals surface area contributed by atoms with Crippen molar-refractivity contribution in [3.8, 4) is 5.75 Å². The second-order valence-electron chi connectivity index (χ2n) is 4.40. The van der Waals surface area contributed by atoms with Crippen LogP contribution >= 0.6 is 0 Å². The van der Waals surface area contributed by atoms with Gasteiger partial charge in [0.1, 0.15) is 11.6 Å². The zero-order valence-corrected chi connectivity index (χ0v) is 10.8. The molecule has 5 heteroatoms. The molecule has 100 valence electrons. The second-order valence-corrected chi connectivity index (χ2v) is 4.40. The first-order valence-corrected chi connectivity index (χ1v) is 6.23. The maximum absolute atomic E-state index is 11.9. The third-order valence-corrected chi connectivity index (χ3v) is 2.89. The highest BCUT2D eigenvalue weighted by molar-refractivity contribution is 5.94. The Hall–Kier alpha value is -2.30. The summed E-state index contributed by atoms with van der Waals surface area (Å²) in [4.78, 5) is 19.0. The van der Waals surface area contributed by atoms with E-state index >= 15 is 0 Å². The number of nitrogens with zero attached hydrogens (tertiary/aromatic N) is 1. The van der Waals surface area contributed by atoms with Crippen molar-refractivity contribution < 1.29 is 9.90 Å². The zero-order valence-electron chi connectivity index (χ0n) is 10.8. The Morgan fingerprint density at radius 1 is 1.47 bits per heavy atom. The molecule has 0 radical (unpaired) electrons. The molecule has 0 spiro atoms. The summed E-state index contributed by atoms with van der Waals surface area (Å²) in [5.74, 6) is 1.01. The fraction of sp³-hybridized carbons (Fsp3) is 0.286. The maximum atomic E-state index is 11.9. The number of rotatable bonds is 5.